The Morgan fingerprint density at radius 2 is 1.67 bits per heavy atom. The summed E-state index contributed by atoms with van der Waals surface area (Å²) in [5, 5.41) is 17.8. The highest BCUT2D eigenvalue weighted by molar-refractivity contribution is 7.09. The molecule has 352 valence electrons. The number of amides is 3. The summed E-state index contributed by atoms with van der Waals surface area (Å²) in [5.41, 5.74) is 6.52. The van der Waals surface area contributed by atoms with Crippen LogP contribution in [0.25, 0.3) is 0 Å². The molecule has 1 aliphatic rings. The summed E-state index contributed by atoms with van der Waals surface area (Å²) in [4.78, 5) is 89.1. The number of carbonyl (C=O) groups excluding carboxylic acids is 6. The van der Waals surface area contributed by atoms with Crippen molar-refractivity contribution in [2.45, 2.75) is 150 Å². The van der Waals surface area contributed by atoms with E-state index in [0.29, 0.717) is 24.3 Å². The summed E-state index contributed by atoms with van der Waals surface area (Å²) in [5.74, 6) is -3.75. The predicted octanol–water partition coefficient (Wildman–Crippen LogP) is 5.52. The van der Waals surface area contributed by atoms with E-state index in [-0.39, 0.29) is 67.0 Å². The number of rotatable bonds is 24. The number of piperidine rings is 1. The Morgan fingerprint density at radius 3 is 2.25 bits per heavy atom. The topological polar surface area (TPSA) is 220 Å². The molecule has 3 amide bonds. The van der Waals surface area contributed by atoms with Gasteiger partial charge in [0.15, 0.2) is 12.8 Å². The molecular formula is C46H72N6O10S. The van der Waals surface area contributed by atoms with E-state index in [4.69, 9.17) is 19.9 Å². The maximum absolute atomic E-state index is 14.9. The minimum absolute atomic E-state index is 0.0139. The molecule has 17 heteroatoms. The summed E-state index contributed by atoms with van der Waals surface area (Å²) < 4.78 is 17.1. The number of likely N-dealkylation sites (tertiary alicyclic amines) is 1. The standard InChI is InChI=1S/C46H72N6O10S/c1-11-29(6)41(50-43(57)37-14-12-13-19-51(37)10)45(58)52(26-60-40(55)20-27(2)3)38(28(4)5)23-39(62-32(9)53)44-49-36(25-63-44)42(56)48-34(22-33-15-17-35(54)18-16-33)21-30(7)46(59)61-31(8)24-47/h15-18,25,27-31,34,37-39,41,54H,11-14,19-24,26,47H2,1-10H3,(H,48,56)(H,50,57)/t29-,30-,31?,34+,37+,38+,39+,41-/m0/s1. The average Bonchev–Trinajstić information content (AvgIpc) is 3.72. The number of aromatic nitrogens is 1. The lowest BCUT2D eigenvalue weighted by Gasteiger charge is -2.39. The molecule has 0 aliphatic carbocycles. The van der Waals surface area contributed by atoms with E-state index in [0.717, 1.165) is 36.3 Å². The van der Waals surface area contributed by atoms with Crippen molar-refractivity contribution < 1.29 is 48.1 Å². The number of esters is 3. The zero-order chi connectivity index (χ0) is 47.0. The van der Waals surface area contributed by atoms with Crippen LogP contribution in [0.4, 0.5) is 0 Å². The maximum atomic E-state index is 14.9. The quantitative estimate of drug-likeness (QED) is 0.0581. The summed E-state index contributed by atoms with van der Waals surface area (Å²) in [6.07, 6.45) is 2.40. The molecule has 1 saturated heterocycles. The van der Waals surface area contributed by atoms with Crippen LogP contribution in [0.2, 0.25) is 0 Å². The van der Waals surface area contributed by atoms with Gasteiger partial charge in [-0.25, -0.2) is 4.98 Å². The van der Waals surface area contributed by atoms with Crippen LogP contribution < -0.4 is 16.4 Å². The van der Waals surface area contributed by atoms with Crippen molar-refractivity contribution in [3.8, 4) is 5.75 Å². The Labute approximate surface area is 377 Å². The molecule has 0 bridgehead atoms. The van der Waals surface area contributed by atoms with E-state index in [1.54, 1.807) is 43.5 Å². The van der Waals surface area contributed by atoms with Crippen LogP contribution in [0, 0.1) is 23.7 Å². The number of thiazole rings is 1. The van der Waals surface area contributed by atoms with Crippen molar-refractivity contribution in [3.63, 3.8) is 0 Å². The van der Waals surface area contributed by atoms with Crippen LogP contribution >= 0.6 is 11.3 Å². The largest absolute Gasteiger partial charge is 0.508 e. The molecular weight excluding hydrogens is 829 g/mol. The fourth-order valence-electron chi connectivity index (χ4n) is 7.55. The molecule has 1 aromatic heterocycles. The van der Waals surface area contributed by atoms with Crippen molar-refractivity contribution in [1.29, 1.82) is 0 Å². The second-order valence-corrected chi connectivity index (χ2v) is 18.7. The Morgan fingerprint density at radius 1 is 0.984 bits per heavy atom. The van der Waals surface area contributed by atoms with Crippen molar-refractivity contribution in [2.24, 2.45) is 29.4 Å². The van der Waals surface area contributed by atoms with Crippen molar-refractivity contribution >= 4 is 47.0 Å². The minimum atomic E-state index is -1.01. The first-order valence-electron chi connectivity index (χ1n) is 22.3. The van der Waals surface area contributed by atoms with Gasteiger partial charge in [0.25, 0.3) is 5.91 Å². The van der Waals surface area contributed by atoms with Gasteiger partial charge < -0.3 is 40.6 Å². The van der Waals surface area contributed by atoms with Crippen LogP contribution in [0.15, 0.2) is 29.6 Å². The van der Waals surface area contributed by atoms with Crippen molar-refractivity contribution in [3.05, 3.63) is 45.9 Å². The molecule has 1 aliphatic heterocycles. The highest BCUT2D eigenvalue weighted by Gasteiger charge is 2.39. The lowest BCUT2D eigenvalue weighted by Crippen LogP contribution is -2.59. The number of nitrogens with zero attached hydrogens (tertiary/aromatic N) is 3. The molecule has 63 heavy (non-hydrogen) atoms. The lowest BCUT2D eigenvalue weighted by molar-refractivity contribution is -0.161. The molecule has 2 aromatic rings. The number of phenolic OH excluding ortho intramolecular Hbond substituents is 1. The number of likely N-dealkylation sites (N-methyl/N-ethyl adjacent to an activating group) is 1. The van der Waals surface area contributed by atoms with Gasteiger partial charge in [-0.2, -0.15) is 0 Å². The number of phenols is 1. The Hall–Kier alpha value is -4.61. The van der Waals surface area contributed by atoms with Gasteiger partial charge in [0.05, 0.1) is 12.0 Å². The normalized spacial score (nSPS) is 17.7. The van der Waals surface area contributed by atoms with E-state index in [9.17, 15) is 33.9 Å². The summed E-state index contributed by atoms with van der Waals surface area (Å²) in [7, 11) is 1.90. The molecule has 1 aromatic carbocycles. The van der Waals surface area contributed by atoms with Crippen LogP contribution in [-0.2, 0) is 44.6 Å². The molecule has 3 rings (SSSR count). The lowest BCUT2D eigenvalue weighted by atomic mass is 9.92. The zero-order valence-electron chi connectivity index (χ0n) is 38.9. The highest BCUT2D eigenvalue weighted by Crippen LogP contribution is 2.32. The second kappa shape index (κ2) is 25.6. The summed E-state index contributed by atoms with van der Waals surface area (Å²) in [6.45, 7) is 16.7. The molecule has 16 nitrogen and oxygen atoms in total. The summed E-state index contributed by atoms with van der Waals surface area (Å²) in [6, 6.07) is 4.00. The monoisotopic (exact) mass is 901 g/mol. The number of hydrogen-bond acceptors (Lipinski definition) is 14. The van der Waals surface area contributed by atoms with E-state index >= 15 is 0 Å². The third-order valence-electron chi connectivity index (χ3n) is 11.5. The fourth-order valence-corrected chi connectivity index (χ4v) is 8.39. The second-order valence-electron chi connectivity index (χ2n) is 17.8. The number of nitrogens with two attached hydrogens (primary N) is 1. The maximum Gasteiger partial charge on any atom is 0.309 e. The first-order valence-corrected chi connectivity index (χ1v) is 23.2. The fraction of sp³-hybridized carbons (Fsp3) is 0.674. The number of hydrogen-bond donors (Lipinski definition) is 4. The number of benzene rings is 1. The first kappa shape index (κ1) is 52.7. The Bertz CT molecular complexity index is 1810. The van der Waals surface area contributed by atoms with Gasteiger partial charge in [-0.15, -0.1) is 11.3 Å². The smallest absolute Gasteiger partial charge is 0.309 e. The van der Waals surface area contributed by atoms with Crippen LogP contribution in [0.5, 0.6) is 5.75 Å². The molecule has 1 fully saturated rings. The minimum Gasteiger partial charge on any atom is -0.508 e. The van der Waals surface area contributed by atoms with E-state index in [2.05, 4.69) is 15.6 Å². The van der Waals surface area contributed by atoms with Gasteiger partial charge in [-0.05, 0) is 81.6 Å². The van der Waals surface area contributed by atoms with Crippen LogP contribution in [-0.4, -0.2) is 113 Å². The van der Waals surface area contributed by atoms with Gasteiger partial charge >= 0.3 is 17.9 Å². The Balaban J connectivity index is 1.96. The Kier molecular flexibility index (Phi) is 21.4. The third kappa shape index (κ3) is 16.8. The number of nitrogens with one attached hydrogen (secondary N) is 2. The molecule has 8 atom stereocenters. The van der Waals surface area contributed by atoms with Crippen molar-refractivity contribution in [2.75, 3.05) is 26.9 Å². The molecule has 2 heterocycles. The molecule has 0 saturated carbocycles. The highest BCUT2D eigenvalue weighted by atomic mass is 32.1. The van der Waals surface area contributed by atoms with Gasteiger partial charge in [0.1, 0.15) is 28.6 Å². The van der Waals surface area contributed by atoms with E-state index in [1.165, 1.54) is 11.8 Å². The van der Waals surface area contributed by atoms with Crippen LogP contribution in [0.3, 0.4) is 0 Å². The van der Waals surface area contributed by atoms with Gasteiger partial charge in [-0.3, -0.25) is 33.7 Å². The third-order valence-corrected chi connectivity index (χ3v) is 12.4. The van der Waals surface area contributed by atoms with E-state index < -0.39 is 72.7 Å². The van der Waals surface area contributed by atoms with E-state index in [1.807, 2.05) is 53.5 Å². The molecule has 0 radical (unpaired) electrons. The first-order chi connectivity index (χ1) is 29.7. The predicted molar refractivity (Wildman–Crippen MR) is 240 cm³/mol. The number of aromatic hydroxyl groups is 1. The van der Waals surface area contributed by atoms with Crippen molar-refractivity contribution in [1.82, 2.24) is 25.4 Å². The molecule has 5 N–H and O–H groups in total. The van der Waals surface area contributed by atoms with Gasteiger partial charge in [0.2, 0.25) is 11.8 Å². The van der Waals surface area contributed by atoms with Crippen LogP contribution in [0.1, 0.15) is 134 Å². The average molecular weight is 901 g/mol. The SMILES string of the molecule is CC[C@H](C)[C@H](NC(=O)[C@H]1CCCCN1C)C(=O)N(COC(=O)CC(C)C)[C@H](C[C@@H](OC(C)=O)c1nc(C(=O)N[C@@H](Cc2ccc(O)cc2)C[C@H](C)C(=O)OC(C)CN)cs1)C(C)C. The molecule has 0 spiro atoms. The van der Waals surface area contributed by atoms with Gasteiger partial charge in [-0.1, -0.05) is 73.4 Å². The number of carbonyl (C=O) groups is 6. The zero-order valence-corrected chi connectivity index (χ0v) is 39.7. The number of ether oxygens (including phenoxy) is 3. The summed E-state index contributed by atoms with van der Waals surface area (Å²) >= 11 is 1.11. The van der Waals surface area contributed by atoms with Gasteiger partial charge in [0, 0.05) is 43.8 Å². The molecule has 1 unspecified atom stereocenters.